The third-order valence-corrected chi connectivity index (χ3v) is 6.96. The molecule has 0 bridgehead atoms. The van der Waals surface area contributed by atoms with Crippen molar-refractivity contribution >= 4 is 23.2 Å². The number of carbonyl (C=O) groups excluding carboxylic acids is 2. The van der Waals surface area contributed by atoms with Gasteiger partial charge >= 0.3 is 6.61 Å². The number of alkyl halides is 2. The summed E-state index contributed by atoms with van der Waals surface area (Å²) in [5, 5.41) is 5.68. The molecule has 1 atom stereocenters. The molecule has 10 heteroatoms. The smallest absolute Gasteiger partial charge is 0.387 e. The molecule has 0 aromatic heterocycles. The fraction of sp³-hybridized carbons (Fsp3) is 0.333. The highest BCUT2D eigenvalue weighted by Crippen LogP contribution is 2.35. The van der Waals surface area contributed by atoms with E-state index in [1.54, 1.807) is 36.4 Å². The summed E-state index contributed by atoms with van der Waals surface area (Å²) in [6.45, 7) is -1.30. The summed E-state index contributed by atoms with van der Waals surface area (Å²) < 4.78 is 49.2. The average Bonchev–Trinajstić information content (AvgIpc) is 3.65. The molecule has 1 saturated carbocycles. The van der Waals surface area contributed by atoms with E-state index in [0.717, 1.165) is 31.4 Å². The molecule has 0 radical (unpaired) electrons. The number of nitrogens with one attached hydrogen (secondary N) is 2. The lowest BCUT2D eigenvalue weighted by Crippen LogP contribution is -2.39. The summed E-state index contributed by atoms with van der Waals surface area (Å²) in [4.78, 5) is 27.5. The molecule has 2 amide bonds. The highest BCUT2D eigenvalue weighted by atomic mass is 19.3. The van der Waals surface area contributed by atoms with Gasteiger partial charge in [0.25, 0.3) is 5.91 Å². The van der Waals surface area contributed by atoms with Crippen LogP contribution in [0.15, 0.2) is 66.7 Å². The second kappa shape index (κ2) is 12.4. The molecule has 0 unspecified atom stereocenters. The standard InChI is InChI=1S/C30H30F3N3O4/c31-22-8-6-21(7-9-22)28(37)34-23-10-12-24(13-11-23)35-29(38)25-2-1-15-36(25)17-20-5-14-26(40-30(32)33)27(16-20)39-18-19-3-4-19/h5-14,16,19,25,30H,1-4,15,17-18H2,(H,34,37)(H,35,38)/t25-/m0/s1. The van der Waals surface area contributed by atoms with E-state index in [2.05, 4.69) is 20.3 Å². The first kappa shape index (κ1) is 27.5. The Morgan fingerprint density at radius 3 is 2.27 bits per heavy atom. The van der Waals surface area contributed by atoms with Crippen LogP contribution >= 0.6 is 0 Å². The summed E-state index contributed by atoms with van der Waals surface area (Å²) in [6, 6.07) is 16.6. The molecule has 40 heavy (non-hydrogen) atoms. The fourth-order valence-corrected chi connectivity index (χ4v) is 4.66. The van der Waals surface area contributed by atoms with Crippen molar-refractivity contribution in [2.75, 3.05) is 23.8 Å². The molecule has 3 aromatic carbocycles. The summed E-state index contributed by atoms with van der Waals surface area (Å²) >= 11 is 0. The van der Waals surface area contributed by atoms with Crippen LogP contribution in [0.1, 0.15) is 41.6 Å². The third-order valence-electron chi connectivity index (χ3n) is 6.96. The van der Waals surface area contributed by atoms with Crippen LogP contribution < -0.4 is 20.1 Å². The molecule has 5 rings (SSSR count). The Bertz CT molecular complexity index is 1330. The number of anilines is 2. The molecule has 1 saturated heterocycles. The predicted molar refractivity (Wildman–Crippen MR) is 144 cm³/mol. The quantitative estimate of drug-likeness (QED) is 0.301. The van der Waals surface area contributed by atoms with Gasteiger partial charge in [0.1, 0.15) is 5.82 Å². The Morgan fingerprint density at radius 2 is 1.60 bits per heavy atom. The first-order valence-corrected chi connectivity index (χ1v) is 13.3. The van der Waals surface area contributed by atoms with Crippen LogP contribution in [0.2, 0.25) is 0 Å². The minimum absolute atomic E-state index is 0.00687. The molecule has 210 valence electrons. The van der Waals surface area contributed by atoms with Crippen LogP contribution in [0.4, 0.5) is 24.5 Å². The van der Waals surface area contributed by atoms with Crippen LogP contribution in [0.3, 0.4) is 0 Å². The SMILES string of the molecule is O=C(Nc1ccc(NC(=O)[C@@H]2CCCN2Cc2ccc(OC(F)F)c(OCC3CC3)c2)cc1)c1ccc(F)cc1. The number of amides is 2. The van der Waals surface area contributed by atoms with Crippen molar-refractivity contribution in [3.8, 4) is 11.5 Å². The monoisotopic (exact) mass is 553 g/mol. The average molecular weight is 554 g/mol. The van der Waals surface area contributed by atoms with Crippen LogP contribution in [-0.2, 0) is 11.3 Å². The second-order valence-corrected chi connectivity index (χ2v) is 10.1. The first-order chi connectivity index (χ1) is 19.3. The number of likely N-dealkylation sites (tertiary alicyclic amines) is 1. The van der Waals surface area contributed by atoms with Gasteiger partial charge in [-0.25, -0.2) is 4.39 Å². The van der Waals surface area contributed by atoms with E-state index >= 15 is 0 Å². The van der Waals surface area contributed by atoms with Gasteiger partial charge in [-0.05, 0) is 104 Å². The Morgan fingerprint density at radius 1 is 0.900 bits per heavy atom. The van der Waals surface area contributed by atoms with Gasteiger partial charge in [0.15, 0.2) is 11.5 Å². The minimum atomic E-state index is -2.94. The zero-order valence-corrected chi connectivity index (χ0v) is 21.7. The first-order valence-electron chi connectivity index (χ1n) is 13.3. The normalized spacial score (nSPS) is 17.1. The molecular formula is C30H30F3N3O4. The number of rotatable bonds is 11. The number of nitrogens with zero attached hydrogens (tertiary/aromatic N) is 1. The van der Waals surface area contributed by atoms with Gasteiger partial charge in [-0.3, -0.25) is 14.5 Å². The Balaban J connectivity index is 1.18. The van der Waals surface area contributed by atoms with Crippen LogP contribution in [-0.4, -0.2) is 42.5 Å². The Hall–Kier alpha value is -4.05. The molecule has 1 heterocycles. The van der Waals surface area contributed by atoms with E-state index in [0.29, 0.717) is 42.4 Å². The topological polar surface area (TPSA) is 79.9 Å². The second-order valence-electron chi connectivity index (χ2n) is 10.1. The zero-order valence-electron chi connectivity index (χ0n) is 21.7. The lowest BCUT2D eigenvalue weighted by atomic mass is 10.1. The van der Waals surface area contributed by atoms with Gasteiger partial charge < -0.3 is 20.1 Å². The summed E-state index contributed by atoms with van der Waals surface area (Å²) in [5.74, 6) is -0.187. The highest BCUT2D eigenvalue weighted by molar-refractivity contribution is 6.04. The van der Waals surface area contributed by atoms with Crippen molar-refractivity contribution in [1.82, 2.24) is 4.90 Å². The Kier molecular flexibility index (Phi) is 8.54. The van der Waals surface area contributed by atoms with Crippen LogP contribution in [0.5, 0.6) is 11.5 Å². The number of halogens is 3. The number of ether oxygens (including phenoxy) is 2. The van der Waals surface area contributed by atoms with Gasteiger partial charge in [-0.2, -0.15) is 8.78 Å². The van der Waals surface area contributed by atoms with E-state index in [9.17, 15) is 22.8 Å². The predicted octanol–water partition coefficient (Wildman–Crippen LogP) is 6.07. The molecule has 2 fully saturated rings. The van der Waals surface area contributed by atoms with Crippen molar-refractivity contribution in [3.63, 3.8) is 0 Å². The molecule has 2 aliphatic rings. The van der Waals surface area contributed by atoms with Gasteiger partial charge in [0.2, 0.25) is 5.91 Å². The number of benzene rings is 3. The minimum Gasteiger partial charge on any atom is -0.489 e. The zero-order chi connectivity index (χ0) is 28.1. The summed E-state index contributed by atoms with van der Waals surface area (Å²) in [6.07, 6.45) is 3.69. The number of hydrogen-bond acceptors (Lipinski definition) is 5. The maximum absolute atomic E-state index is 13.1. The lowest BCUT2D eigenvalue weighted by Gasteiger charge is -2.24. The lowest BCUT2D eigenvalue weighted by molar-refractivity contribution is -0.120. The van der Waals surface area contributed by atoms with Crippen molar-refractivity contribution in [2.24, 2.45) is 5.92 Å². The van der Waals surface area contributed by atoms with E-state index in [1.807, 2.05) is 0 Å². The maximum Gasteiger partial charge on any atom is 0.387 e. The van der Waals surface area contributed by atoms with Crippen molar-refractivity contribution in [2.45, 2.75) is 44.9 Å². The summed E-state index contributed by atoms with van der Waals surface area (Å²) in [5.41, 5.74) is 2.29. The van der Waals surface area contributed by atoms with Gasteiger partial charge in [0, 0.05) is 23.5 Å². The highest BCUT2D eigenvalue weighted by Gasteiger charge is 2.31. The fourth-order valence-electron chi connectivity index (χ4n) is 4.66. The van der Waals surface area contributed by atoms with Crippen LogP contribution in [0, 0.1) is 11.7 Å². The molecule has 1 aliphatic heterocycles. The molecule has 1 aliphatic carbocycles. The van der Waals surface area contributed by atoms with Crippen molar-refractivity contribution in [3.05, 3.63) is 83.7 Å². The van der Waals surface area contributed by atoms with Gasteiger partial charge in [-0.15, -0.1) is 0 Å². The van der Waals surface area contributed by atoms with Crippen molar-refractivity contribution < 1.29 is 32.2 Å². The largest absolute Gasteiger partial charge is 0.489 e. The van der Waals surface area contributed by atoms with Crippen molar-refractivity contribution in [1.29, 1.82) is 0 Å². The van der Waals surface area contributed by atoms with Gasteiger partial charge in [0.05, 0.1) is 12.6 Å². The third kappa shape index (κ3) is 7.32. The Labute approximate surface area is 230 Å². The molecule has 0 spiro atoms. The van der Waals surface area contributed by atoms with E-state index < -0.39 is 12.4 Å². The van der Waals surface area contributed by atoms with Gasteiger partial charge in [-0.1, -0.05) is 6.07 Å². The van der Waals surface area contributed by atoms with E-state index in [4.69, 9.17) is 4.74 Å². The van der Waals surface area contributed by atoms with E-state index in [-0.39, 0.29) is 29.4 Å². The molecule has 2 N–H and O–H groups in total. The molecular weight excluding hydrogens is 523 g/mol. The van der Waals surface area contributed by atoms with Crippen LogP contribution in [0.25, 0.3) is 0 Å². The summed E-state index contributed by atoms with van der Waals surface area (Å²) in [7, 11) is 0. The number of hydrogen-bond donors (Lipinski definition) is 2. The van der Waals surface area contributed by atoms with E-state index in [1.165, 1.54) is 30.3 Å². The molecule has 3 aromatic rings. The maximum atomic E-state index is 13.1. The molecule has 7 nitrogen and oxygen atoms in total. The number of carbonyl (C=O) groups is 2.